The van der Waals surface area contributed by atoms with E-state index in [9.17, 15) is 14.7 Å². The molecular weight excluding hydrogens is 288 g/mol. The molecule has 3 rings (SSSR count). The van der Waals surface area contributed by atoms with Crippen molar-refractivity contribution in [1.29, 1.82) is 0 Å². The van der Waals surface area contributed by atoms with Gasteiger partial charge in [-0.15, -0.1) is 11.8 Å². The first-order valence-electron chi connectivity index (χ1n) is 6.91. The molecule has 21 heavy (non-hydrogen) atoms. The average Bonchev–Trinajstić information content (AvgIpc) is 2.77. The monoisotopic (exact) mass is 304 g/mol. The van der Waals surface area contributed by atoms with Gasteiger partial charge in [0.25, 0.3) is 0 Å². The number of carboxylic acids is 1. The van der Waals surface area contributed by atoms with Crippen molar-refractivity contribution in [2.75, 3.05) is 11.9 Å². The summed E-state index contributed by atoms with van der Waals surface area (Å²) in [7, 11) is 0. The number of fused-ring (bicyclic) bond motifs is 1. The number of nitrogens with one attached hydrogen (secondary N) is 1. The van der Waals surface area contributed by atoms with E-state index in [1.807, 2.05) is 30.3 Å². The molecule has 0 spiro atoms. The van der Waals surface area contributed by atoms with Crippen LogP contribution in [0.1, 0.15) is 19.3 Å². The van der Waals surface area contributed by atoms with Gasteiger partial charge in [0.1, 0.15) is 5.70 Å². The van der Waals surface area contributed by atoms with Gasteiger partial charge in [0.2, 0.25) is 5.91 Å². The summed E-state index contributed by atoms with van der Waals surface area (Å²) in [5.41, 5.74) is 1.25. The van der Waals surface area contributed by atoms with Gasteiger partial charge in [-0.05, 0) is 25.0 Å². The van der Waals surface area contributed by atoms with Crippen LogP contribution < -0.4 is 5.32 Å². The lowest BCUT2D eigenvalue weighted by Gasteiger charge is -2.33. The number of carbonyl (C=O) groups excluding carboxylic acids is 1. The van der Waals surface area contributed by atoms with Crippen molar-refractivity contribution in [2.45, 2.75) is 24.6 Å². The predicted octanol–water partition coefficient (Wildman–Crippen LogP) is 2.48. The first-order chi connectivity index (χ1) is 10.2. The molecule has 1 aromatic rings. The normalized spacial score (nSPS) is 20.3. The van der Waals surface area contributed by atoms with Crippen LogP contribution in [0.3, 0.4) is 0 Å². The number of hydrogen-bond donors (Lipinski definition) is 2. The number of β-lactam (4-membered cyclic amide) rings is 1. The minimum atomic E-state index is -0.996. The van der Waals surface area contributed by atoms with Crippen LogP contribution in [0.15, 0.2) is 40.9 Å². The molecular formula is C15H16N2O3S. The molecule has 0 radical (unpaired) electrons. The zero-order valence-electron chi connectivity index (χ0n) is 11.4. The first-order valence-corrected chi connectivity index (χ1v) is 7.79. The molecule has 2 heterocycles. The lowest BCUT2D eigenvalue weighted by molar-refractivity contribution is -0.145. The number of nitrogens with zero attached hydrogens (tertiary/aromatic N) is 1. The number of rotatable bonds is 6. The van der Waals surface area contributed by atoms with Crippen LogP contribution in [0.4, 0.5) is 5.69 Å². The zero-order chi connectivity index (χ0) is 14.8. The number of para-hydroxylation sites is 1. The maximum Gasteiger partial charge on any atom is 0.353 e. The largest absolute Gasteiger partial charge is 0.477 e. The second-order valence-electron chi connectivity index (χ2n) is 5.01. The van der Waals surface area contributed by atoms with Gasteiger partial charge in [-0.2, -0.15) is 0 Å². The number of anilines is 1. The molecule has 5 nitrogen and oxygen atoms in total. The fourth-order valence-corrected chi connectivity index (χ4v) is 3.98. The smallest absolute Gasteiger partial charge is 0.353 e. The molecule has 1 aromatic carbocycles. The standard InChI is InChI=1S/C15H16N2O3S/c18-12-9-13-17(12)14(15(19)20)11(21-13)7-4-8-16-10-5-2-1-3-6-10/h1-3,5-6,13,16H,4,7-9H2,(H,19,20)/t13-/m1/s1. The van der Waals surface area contributed by atoms with Gasteiger partial charge in [0, 0.05) is 17.1 Å². The summed E-state index contributed by atoms with van der Waals surface area (Å²) in [5, 5.41) is 12.6. The van der Waals surface area contributed by atoms with E-state index in [0.29, 0.717) is 12.8 Å². The quantitative estimate of drug-likeness (QED) is 0.624. The highest BCUT2D eigenvalue weighted by Crippen LogP contribution is 2.47. The molecule has 6 heteroatoms. The molecule has 1 atom stereocenters. The Morgan fingerprint density at radius 3 is 2.81 bits per heavy atom. The molecule has 2 N–H and O–H groups in total. The number of carboxylic acid groups (broad SMARTS) is 1. The molecule has 2 aliphatic rings. The molecule has 1 saturated heterocycles. The Labute approximate surface area is 127 Å². The van der Waals surface area contributed by atoms with E-state index in [1.54, 1.807) is 0 Å². The van der Waals surface area contributed by atoms with Crippen molar-refractivity contribution >= 4 is 29.3 Å². The van der Waals surface area contributed by atoms with Gasteiger partial charge in [-0.3, -0.25) is 9.69 Å². The highest BCUT2D eigenvalue weighted by atomic mass is 32.2. The lowest BCUT2D eigenvalue weighted by Crippen LogP contribution is -2.48. The molecule has 0 aromatic heterocycles. The molecule has 1 fully saturated rings. The number of benzene rings is 1. The van der Waals surface area contributed by atoms with Crippen LogP contribution in [0, 0.1) is 0 Å². The minimum absolute atomic E-state index is 0.0145. The number of amides is 1. The SMILES string of the molecule is O=C(O)C1=C(CCCNc2ccccc2)S[C@@H]2CC(=O)N12. The van der Waals surface area contributed by atoms with E-state index in [4.69, 9.17) is 0 Å². The molecule has 110 valence electrons. The summed E-state index contributed by atoms with van der Waals surface area (Å²) in [6.45, 7) is 0.777. The van der Waals surface area contributed by atoms with Gasteiger partial charge in [-0.1, -0.05) is 18.2 Å². The summed E-state index contributed by atoms with van der Waals surface area (Å²) >= 11 is 1.52. The van der Waals surface area contributed by atoms with Gasteiger partial charge >= 0.3 is 5.97 Å². The van der Waals surface area contributed by atoms with Gasteiger partial charge in [-0.25, -0.2) is 4.79 Å². The third-order valence-electron chi connectivity index (χ3n) is 3.58. The van der Waals surface area contributed by atoms with E-state index in [0.717, 1.165) is 23.6 Å². The summed E-state index contributed by atoms with van der Waals surface area (Å²) in [4.78, 5) is 25.1. The number of carbonyl (C=O) groups is 2. The summed E-state index contributed by atoms with van der Waals surface area (Å²) in [6, 6.07) is 9.90. The lowest BCUT2D eigenvalue weighted by atomic mass is 10.1. The van der Waals surface area contributed by atoms with E-state index in [2.05, 4.69) is 5.32 Å². The van der Waals surface area contributed by atoms with Crippen molar-refractivity contribution in [2.24, 2.45) is 0 Å². The molecule has 0 aliphatic carbocycles. The predicted molar refractivity (Wildman–Crippen MR) is 81.7 cm³/mol. The van der Waals surface area contributed by atoms with E-state index in [1.165, 1.54) is 16.7 Å². The highest BCUT2D eigenvalue weighted by molar-refractivity contribution is 8.04. The number of hydrogen-bond acceptors (Lipinski definition) is 4. The van der Waals surface area contributed by atoms with Gasteiger partial charge < -0.3 is 10.4 Å². The Morgan fingerprint density at radius 1 is 1.38 bits per heavy atom. The summed E-state index contributed by atoms with van der Waals surface area (Å²) < 4.78 is 0. The van der Waals surface area contributed by atoms with Gasteiger partial charge in [0.05, 0.1) is 11.8 Å². The Hall–Kier alpha value is -1.95. The molecule has 0 unspecified atom stereocenters. The van der Waals surface area contributed by atoms with Crippen LogP contribution in [0.2, 0.25) is 0 Å². The number of aliphatic carboxylic acids is 1. The summed E-state index contributed by atoms with van der Waals surface area (Å²) in [6.07, 6.45) is 1.97. The van der Waals surface area contributed by atoms with Crippen LogP contribution >= 0.6 is 11.8 Å². The molecule has 2 aliphatic heterocycles. The van der Waals surface area contributed by atoms with Crippen molar-refractivity contribution in [3.05, 3.63) is 40.9 Å². The maximum absolute atomic E-state index is 11.5. The Bertz CT molecular complexity index is 600. The maximum atomic E-state index is 11.5. The van der Waals surface area contributed by atoms with Crippen LogP contribution in [0.5, 0.6) is 0 Å². The Morgan fingerprint density at radius 2 is 2.14 bits per heavy atom. The fraction of sp³-hybridized carbons (Fsp3) is 0.333. The Kier molecular flexibility index (Phi) is 3.88. The van der Waals surface area contributed by atoms with E-state index >= 15 is 0 Å². The van der Waals surface area contributed by atoms with E-state index < -0.39 is 5.97 Å². The highest BCUT2D eigenvalue weighted by Gasteiger charge is 2.47. The summed E-state index contributed by atoms with van der Waals surface area (Å²) in [5.74, 6) is -1.08. The second-order valence-corrected chi connectivity index (χ2v) is 6.29. The molecule has 0 saturated carbocycles. The minimum Gasteiger partial charge on any atom is -0.477 e. The zero-order valence-corrected chi connectivity index (χ0v) is 12.2. The topological polar surface area (TPSA) is 69.6 Å². The van der Waals surface area contributed by atoms with Crippen molar-refractivity contribution in [3.63, 3.8) is 0 Å². The van der Waals surface area contributed by atoms with Crippen LogP contribution in [-0.4, -0.2) is 33.8 Å². The molecule has 0 bridgehead atoms. The van der Waals surface area contributed by atoms with Crippen molar-refractivity contribution in [3.8, 4) is 0 Å². The average molecular weight is 304 g/mol. The number of thioether (sulfide) groups is 1. The third kappa shape index (κ3) is 2.76. The molecule has 1 amide bonds. The fourth-order valence-electron chi connectivity index (χ4n) is 2.54. The first kappa shape index (κ1) is 14.0. The van der Waals surface area contributed by atoms with E-state index in [-0.39, 0.29) is 17.0 Å². The van der Waals surface area contributed by atoms with Crippen LogP contribution in [0.25, 0.3) is 0 Å². The van der Waals surface area contributed by atoms with Crippen molar-refractivity contribution < 1.29 is 14.7 Å². The third-order valence-corrected chi connectivity index (χ3v) is 4.91. The number of allylic oxidation sites excluding steroid dienone is 1. The van der Waals surface area contributed by atoms with Crippen LogP contribution in [-0.2, 0) is 9.59 Å². The second kappa shape index (κ2) is 5.81. The van der Waals surface area contributed by atoms with Crippen molar-refractivity contribution in [1.82, 2.24) is 4.90 Å². The Balaban J connectivity index is 1.55. The van der Waals surface area contributed by atoms with Gasteiger partial charge in [0.15, 0.2) is 0 Å².